The van der Waals surface area contributed by atoms with Crippen LogP contribution in [0.4, 0.5) is 0 Å². The fraction of sp³-hybridized carbons (Fsp3) is 0.833. The summed E-state index contributed by atoms with van der Waals surface area (Å²) in [5, 5.41) is 0. The lowest BCUT2D eigenvalue weighted by atomic mass is 10.5. The van der Waals surface area contributed by atoms with Crippen molar-refractivity contribution in [2.24, 2.45) is 0 Å². The van der Waals surface area contributed by atoms with Crippen LogP contribution in [-0.2, 0) is 14.4 Å². The Bertz CT molecular complexity index is 95.0. The van der Waals surface area contributed by atoms with E-state index in [0.717, 1.165) is 13.0 Å². The molecule has 4 nitrogen and oxygen atoms in total. The predicted molar refractivity (Wildman–Crippen MR) is 36.3 cm³/mol. The Labute approximate surface area is 60.5 Å². The van der Waals surface area contributed by atoms with Crippen LogP contribution in [0, 0.1) is 0 Å². The third kappa shape index (κ3) is 5.53. The van der Waals surface area contributed by atoms with Crippen LogP contribution in [0.25, 0.3) is 0 Å². The third-order valence-corrected chi connectivity index (χ3v) is 0.872. The van der Waals surface area contributed by atoms with Crippen LogP contribution in [0.3, 0.4) is 0 Å². The Morgan fingerprint density at radius 3 is 2.80 bits per heavy atom. The number of hydrogen-bond acceptors (Lipinski definition) is 4. The van der Waals surface area contributed by atoms with Gasteiger partial charge >= 0.3 is 5.97 Å². The standard InChI is InChI=1S/C6H13NO3/c1-3-4-7-10-5-6(8)9-2/h7H,3-5H2,1-2H3. The van der Waals surface area contributed by atoms with E-state index >= 15 is 0 Å². The number of ether oxygens (including phenoxy) is 1. The van der Waals surface area contributed by atoms with Gasteiger partial charge in [0.1, 0.15) is 0 Å². The average Bonchev–Trinajstić information content (AvgIpc) is 1.98. The van der Waals surface area contributed by atoms with Crippen molar-refractivity contribution in [3.63, 3.8) is 0 Å². The molecule has 0 amide bonds. The Balaban J connectivity index is 2.96. The molecule has 1 N–H and O–H groups in total. The zero-order valence-electron chi connectivity index (χ0n) is 6.35. The molecule has 0 radical (unpaired) electrons. The number of nitrogens with one attached hydrogen (secondary N) is 1. The molecular weight excluding hydrogens is 134 g/mol. The molecule has 0 spiro atoms. The molecular formula is C6H13NO3. The highest BCUT2D eigenvalue weighted by molar-refractivity contribution is 5.70. The van der Waals surface area contributed by atoms with Gasteiger partial charge in [0.15, 0.2) is 6.61 Å². The molecule has 60 valence electrons. The first-order chi connectivity index (χ1) is 4.81. The van der Waals surface area contributed by atoms with Gasteiger partial charge in [0.2, 0.25) is 0 Å². The maximum absolute atomic E-state index is 10.4. The summed E-state index contributed by atoms with van der Waals surface area (Å²) in [5.74, 6) is -0.372. The molecule has 10 heavy (non-hydrogen) atoms. The van der Waals surface area contributed by atoms with E-state index < -0.39 is 0 Å². The van der Waals surface area contributed by atoms with E-state index in [-0.39, 0.29) is 12.6 Å². The van der Waals surface area contributed by atoms with Crippen LogP contribution < -0.4 is 5.48 Å². The molecule has 0 bridgehead atoms. The number of hydrogen-bond donors (Lipinski definition) is 1. The SMILES string of the molecule is CCCNOCC(=O)OC. The summed E-state index contributed by atoms with van der Waals surface area (Å²) in [7, 11) is 1.32. The van der Waals surface area contributed by atoms with Gasteiger partial charge in [0.25, 0.3) is 0 Å². The van der Waals surface area contributed by atoms with Crippen LogP contribution in [0.15, 0.2) is 0 Å². The maximum atomic E-state index is 10.4. The summed E-state index contributed by atoms with van der Waals surface area (Å²) in [5.41, 5.74) is 2.60. The molecule has 0 aliphatic carbocycles. The van der Waals surface area contributed by atoms with Gasteiger partial charge in [0, 0.05) is 6.54 Å². The van der Waals surface area contributed by atoms with Crippen molar-refractivity contribution < 1.29 is 14.4 Å². The summed E-state index contributed by atoms with van der Waals surface area (Å²) in [6, 6.07) is 0. The summed E-state index contributed by atoms with van der Waals surface area (Å²) >= 11 is 0. The quantitative estimate of drug-likeness (QED) is 0.340. The van der Waals surface area contributed by atoms with E-state index in [9.17, 15) is 4.79 Å². The van der Waals surface area contributed by atoms with E-state index in [4.69, 9.17) is 4.84 Å². The van der Waals surface area contributed by atoms with Crippen molar-refractivity contribution in [1.82, 2.24) is 5.48 Å². The van der Waals surface area contributed by atoms with Crippen molar-refractivity contribution in [3.8, 4) is 0 Å². The first-order valence-corrected chi connectivity index (χ1v) is 3.22. The minimum Gasteiger partial charge on any atom is -0.467 e. The van der Waals surface area contributed by atoms with Gasteiger partial charge in [-0.2, -0.15) is 0 Å². The van der Waals surface area contributed by atoms with Crippen LogP contribution >= 0.6 is 0 Å². The average molecular weight is 147 g/mol. The van der Waals surface area contributed by atoms with Gasteiger partial charge in [-0.1, -0.05) is 6.92 Å². The van der Waals surface area contributed by atoms with E-state index in [1.54, 1.807) is 0 Å². The van der Waals surface area contributed by atoms with Gasteiger partial charge < -0.3 is 4.74 Å². The lowest BCUT2D eigenvalue weighted by Crippen LogP contribution is -2.21. The van der Waals surface area contributed by atoms with E-state index in [0.29, 0.717) is 0 Å². The molecule has 0 aliphatic rings. The van der Waals surface area contributed by atoms with Crippen molar-refractivity contribution in [3.05, 3.63) is 0 Å². The zero-order valence-corrected chi connectivity index (χ0v) is 6.35. The van der Waals surface area contributed by atoms with Gasteiger partial charge in [-0.15, -0.1) is 0 Å². The topological polar surface area (TPSA) is 47.6 Å². The molecule has 0 unspecified atom stereocenters. The molecule has 0 atom stereocenters. The largest absolute Gasteiger partial charge is 0.467 e. The molecule has 0 aromatic heterocycles. The number of hydroxylamine groups is 1. The fourth-order valence-corrected chi connectivity index (χ4v) is 0.343. The minimum absolute atomic E-state index is 0.0312. The highest BCUT2D eigenvalue weighted by atomic mass is 16.7. The molecule has 0 aromatic carbocycles. The third-order valence-electron chi connectivity index (χ3n) is 0.872. The van der Waals surface area contributed by atoms with Crippen LogP contribution in [-0.4, -0.2) is 26.2 Å². The molecule has 0 rings (SSSR count). The molecule has 0 fully saturated rings. The number of rotatable bonds is 5. The van der Waals surface area contributed by atoms with Crippen molar-refractivity contribution in [2.45, 2.75) is 13.3 Å². The fourth-order valence-electron chi connectivity index (χ4n) is 0.343. The second kappa shape index (κ2) is 6.51. The zero-order chi connectivity index (χ0) is 7.82. The number of esters is 1. The normalized spacial score (nSPS) is 9.40. The van der Waals surface area contributed by atoms with E-state index in [1.807, 2.05) is 6.92 Å². The number of carbonyl (C=O) groups excluding carboxylic acids is 1. The molecule has 0 aliphatic heterocycles. The number of methoxy groups -OCH3 is 1. The smallest absolute Gasteiger partial charge is 0.333 e. The Morgan fingerprint density at radius 1 is 1.60 bits per heavy atom. The Kier molecular flexibility index (Phi) is 6.11. The van der Waals surface area contributed by atoms with Gasteiger partial charge in [-0.05, 0) is 6.42 Å². The molecule has 0 saturated carbocycles. The van der Waals surface area contributed by atoms with Gasteiger partial charge in [-0.3, -0.25) is 4.84 Å². The highest BCUT2D eigenvalue weighted by Crippen LogP contribution is 1.75. The van der Waals surface area contributed by atoms with Crippen molar-refractivity contribution in [1.29, 1.82) is 0 Å². The maximum Gasteiger partial charge on any atom is 0.333 e. The lowest BCUT2D eigenvalue weighted by Gasteiger charge is -2.01. The summed E-state index contributed by atoms with van der Waals surface area (Å²) < 4.78 is 4.33. The van der Waals surface area contributed by atoms with E-state index in [1.165, 1.54) is 7.11 Å². The van der Waals surface area contributed by atoms with Crippen molar-refractivity contribution >= 4 is 5.97 Å². The Morgan fingerprint density at radius 2 is 2.30 bits per heavy atom. The molecule has 0 saturated heterocycles. The Hall–Kier alpha value is -0.610. The van der Waals surface area contributed by atoms with Crippen molar-refractivity contribution in [2.75, 3.05) is 20.3 Å². The first kappa shape index (κ1) is 9.39. The lowest BCUT2D eigenvalue weighted by molar-refractivity contribution is -0.148. The van der Waals surface area contributed by atoms with Crippen LogP contribution in [0.2, 0.25) is 0 Å². The first-order valence-electron chi connectivity index (χ1n) is 3.22. The van der Waals surface area contributed by atoms with Gasteiger partial charge in [-0.25, -0.2) is 10.3 Å². The van der Waals surface area contributed by atoms with E-state index in [2.05, 4.69) is 10.2 Å². The highest BCUT2D eigenvalue weighted by Gasteiger charge is 1.97. The molecule has 4 heteroatoms. The number of carbonyl (C=O) groups is 1. The summed E-state index contributed by atoms with van der Waals surface area (Å²) in [4.78, 5) is 15.1. The second-order valence-corrected chi connectivity index (χ2v) is 1.76. The van der Waals surface area contributed by atoms with Gasteiger partial charge in [0.05, 0.1) is 7.11 Å². The summed E-state index contributed by atoms with van der Waals surface area (Å²) in [6.07, 6.45) is 0.973. The summed E-state index contributed by atoms with van der Waals surface area (Å²) in [6.45, 7) is 2.72. The molecule has 0 aromatic rings. The minimum atomic E-state index is -0.372. The predicted octanol–water partition coefficient (Wildman–Crippen LogP) is 0.0906. The monoisotopic (exact) mass is 147 g/mol. The van der Waals surface area contributed by atoms with Crippen LogP contribution in [0.1, 0.15) is 13.3 Å². The van der Waals surface area contributed by atoms with Crippen LogP contribution in [0.5, 0.6) is 0 Å². The molecule has 0 heterocycles. The second-order valence-electron chi connectivity index (χ2n) is 1.76.